The smallest absolute Gasteiger partial charge is 0.410 e. The molecule has 140 valence electrons. The van der Waals surface area contributed by atoms with Crippen LogP contribution in [0.2, 0.25) is 15.2 Å². The number of nitrogens with zero attached hydrogens (tertiary/aromatic N) is 4. The molecule has 0 atom stereocenters. The van der Waals surface area contributed by atoms with Crippen molar-refractivity contribution in [2.24, 2.45) is 0 Å². The number of rotatable bonds is 1. The third-order valence-corrected chi connectivity index (χ3v) is 4.99. The van der Waals surface area contributed by atoms with Gasteiger partial charge in [-0.1, -0.05) is 34.8 Å². The quantitative estimate of drug-likeness (QED) is 0.676. The normalized spacial score (nSPS) is 15.5. The Morgan fingerprint density at radius 1 is 1.00 bits per heavy atom. The molecular weight excluding hydrogens is 399 g/mol. The average molecular weight is 418 g/mol. The van der Waals surface area contributed by atoms with E-state index in [-0.39, 0.29) is 11.2 Å². The van der Waals surface area contributed by atoms with E-state index < -0.39 is 5.60 Å². The van der Waals surface area contributed by atoms with Gasteiger partial charge in [0.1, 0.15) is 5.60 Å². The van der Waals surface area contributed by atoms with E-state index in [1.807, 2.05) is 20.8 Å². The number of aromatic nitrogens is 2. The van der Waals surface area contributed by atoms with Crippen LogP contribution in [-0.4, -0.2) is 53.0 Å². The Hall–Kier alpha value is -1.50. The van der Waals surface area contributed by atoms with Crippen molar-refractivity contribution in [1.29, 1.82) is 0 Å². The molecule has 1 saturated heterocycles. The topological polar surface area (TPSA) is 58.6 Å². The molecule has 0 saturated carbocycles. The number of hydrogen-bond donors (Lipinski definition) is 0. The molecule has 3 rings (SSSR count). The molecule has 1 aliphatic heterocycles. The molecule has 1 aromatic carbocycles. The fourth-order valence-electron chi connectivity index (χ4n) is 2.76. The summed E-state index contributed by atoms with van der Waals surface area (Å²) >= 11 is 18.4. The zero-order valence-corrected chi connectivity index (χ0v) is 17.0. The number of ether oxygens (including phenoxy) is 1. The van der Waals surface area contributed by atoms with Gasteiger partial charge in [0.05, 0.1) is 10.0 Å². The summed E-state index contributed by atoms with van der Waals surface area (Å²) in [5.74, 6) is 0.673. The lowest BCUT2D eigenvalue weighted by Gasteiger charge is -2.36. The minimum absolute atomic E-state index is 0.273. The van der Waals surface area contributed by atoms with E-state index in [9.17, 15) is 4.79 Å². The first-order valence-electron chi connectivity index (χ1n) is 8.19. The number of halogens is 3. The first kappa shape index (κ1) is 19.3. The zero-order chi connectivity index (χ0) is 19.1. The number of piperazine rings is 1. The van der Waals surface area contributed by atoms with E-state index in [1.54, 1.807) is 17.0 Å². The van der Waals surface area contributed by atoms with Crippen LogP contribution in [0.3, 0.4) is 0 Å². The molecule has 0 aliphatic carbocycles. The summed E-state index contributed by atoms with van der Waals surface area (Å²) in [6.07, 6.45) is -0.306. The van der Waals surface area contributed by atoms with Gasteiger partial charge in [-0.3, -0.25) is 0 Å². The van der Waals surface area contributed by atoms with Crippen LogP contribution in [0, 0.1) is 0 Å². The van der Waals surface area contributed by atoms with Crippen LogP contribution < -0.4 is 4.90 Å². The molecule has 1 aromatic heterocycles. The summed E-state index contributed by atoms with van der Waals surface area (Å²) in [6.45, 7) is 7.82. The van der Waals surface area contributed by atoms with E-state index in [0.29, 0.717) is 47.4 Å². The third-order valence-electron chi connectivity index (χ3n) is 3.99. The summed E-state index contributed by atoms with van der Waals surface area (Å²) in [5, 5.41) is 10.9. The van der Waals surface area contributed by atoms with Crippen LogP contribution in [0.25, 0.3) is 10.8 Å². The monoisotopic (exact) mass is 416 g/mol. The van der Waals surface area contributed by atoms with Gasteiger partial charge in [0.2, 0.25) is 0 Å². The van der Waals surface area contributed by atoms with Crippen LogP contribution in [-0.2, 0) is 4.74 Å². The molecule has 1 fully saturated rings. The van der Waals surface area contributed by atoms with Crippen molar-refractivity contribution in [3.8, 4) is 0 Å². The van der Waals surface area contributed by atoms with Crippen molar-refractivity contribution in [3.05, 3.63) is 27.3 Å². The van der Waals surface area contributed by atoms with E-state index in [4.69, 9.17) is 39.5 Å². The number of carbonyl (C=O) groups is 1. The number of anilines is 1. The first-order valence-corrected chi connectivity index (χ1v) is 9.33. The highest BCUT2D eigenvalue weighted by Crippen LogP contribution is 2.35. The van der Waals surface area contributed by atoms with Gasteiger partial charge < -0.3 is 14.5 Å². The van der Waals surface area contributed by atoms with E-state index in [2.05, 4.69) is 15.1 Å². The highest BCUT2D eigenvalue weighted by atomic mass is 35.5. The van der Waals surface area contributed by atoms with Crippen LogP contribution in [0.1, 0.15) is 20.8 Å². The van der Waals surface area contributed by atoms with Crippen molar-refractivity contribution in [1.82, 2.24) is 15.1 Å². The fourth-order valence-corrected chi connectivity index (χ4v) is 3.28. The predicted octanol–water partition coefficient (Wildman–Crippen LogP) is 4.65. The lowest BCUT2D eigenvalue weighted by atomic mass is 10.1. The van der Waals surface area contributed by atoms with Crippen molar-refractivity contribution in [2.45, 2.75) is 26.4 Å². The van der Waals surface area contributed by atoms with E-state index in [1.165, 1.54) is 0 Å². The predicted molar refractivity (Wildman–Crippen MR) is 105 cm³/mol. The highest BCUT2D eigenvalue weighted by Gasteiger charge is 2.27. The Labute approximate surface area is 167 Å². The number of amides is 1. The molecule has 0 spiro atoms. The first-order chi connectivity index (χ1) is 12.2. The molecule has 9 heteroatoms. The van der Waals surface area contributed by atoms with Gasteiger partial charge in [-0.05, 0) is 32.9 Å². The molecule has 1 aliphatic rings. The van der Waals surface area contributed by atoms with Crippen LogP contribution in [0.15, 0.2) is 12.1 Å². The molecule has 0 N–H and O–H groups in total. The number of carbonyl (C=O) groups excluding carboxylic acids is 1. The molecule has 0 radical (unpaired) electrons. The zero-order valence-electron chi connectivity index (χ0n) is 14.7. The number of fused-ring (bicyclic) bond motifs is 1. The van der Waals surface area contributed by atoms with Crippen molar-refractivity contribution in [3.63, 3.8) is 0 Å². The lowest BCUT2D eigenvalue weighted by molar-refractivity contribution is 0.0240. The van der Waals surface area contributed by atoms with E-state index >= 15 is 0 Å². The van der Waals surface area contributed by atoms with Crippen LogP contribution in [0.4, 0.5) is 10.6 Å². The van der Waals surface area contributed by atoms with Gasteiger partial charge in [0.25, 0.3) is 0 Å². The highest BCUT2D eigenvalue weighted by molar-refractivity contribution is 6.43. The standard InChI is InChI=1S/C17H19Cl3N4O2/c1-17(2,3)26-16(25)24-6-4-23(5-7-24)15-11-9-13(19)12(18)8-10(11)14(20)21-22-15/h8-9H,4-7H2,1-3H3. The minimum Gasteiger partial charge on any atom is -0.444 e. The number of hydrogen-bond acceptors (Lipinski definition) is 5. The second-order valence-electron chi connectivity index (χ2n) is 7.08. The van der Waals surface area contributed by atoms with Crippen LogP contribution in [0.5, 0.6) is 0 Å². The third kappa shape index (κ3) is 4.08. The molecule has 0 bridgehead atoms. The Bertz CT molecular complexity index is 846. The SMILES string of the molecule is CC(C)(C)OC(=O)N1CCN(c2nnc(Cl)c3cc(Cl)c(Cl)cc23)CC1. The summed E-state index contributed by atoms with van der Waals surface area (Å²) in [4.78, 5) is 15.9. The van der Waals surface area contributed by atoms with Crippen molar-refractivity contribution in [2.75, 3.05) is 31.1 Å². The Morgan fingerprint density at radius 3 is 2.15 bits per heavy atom. The molecule has 2 aromatic rings. The van der Waals surface area contributed by atoms with Crippen molar-refractivity contribution >= 4 is 57.5 Å². The Kier molecular flexibility index (Phi) is 5.37. The Balaban J connectivity index is 1.81. The molecule has 26 heavy (non-hydrogen) atoms. The minimum atomic E-state index is -0.512. The number of benzene rings is 1. The van der Waals surface area contributed by atoms with Gasteiger partial charge in [0.15, 0.2) is 11.0 Å². The van der Waals surface area contributed by atoms with Gasteiger partial charge in [0, 0.05) is 37.0 Å². The second kappa shape index (κ2) is 7.25. The summed E-state index contributed by atoms with van der Waals surface area (Å²) in [7, 11) is 0. The largest absolute Gasteiger partial charge is 0.444 e. The maximum atomic E-state index is 12.2. The maximum Gasteiger partial charge on any atom is 0.410 e. The molecule has 0 unspecified atom stereocenters. The lowest BCUT2D eigenvalue weighted by Crippen LogP contribution is -2.50. The molecular formula is C17H19Cl3N4O2. The summed E-state index contributed by atoms with van der Waals surface area (Å²) < 4.78 is 5.42. The van der Waals surface area contributed by atoms with Crippen molar-refractivity contribution < 1.29 is 9.53 Å². The fraction of sp³-hybridized carbons (Fsp3) is 0.471. The summed E-state index contributed by atoms with van der Waals surface area (Å²) in [5.41, 5.74) is -0.512. The van der Waals surface area contributed by atoms with Crippen LogP contribution >= 0.6 is 34.8 Å². The molecule has 2 heterocycles. The maximum absolute atomic E-state index is 12.2. The van der Waals surface area contributed by atoms with Gasteiger partial charge >= 0.3 is 6.09 Å². The van der Waals surface area contributed by atoms with Gasteiger partial charge in [-0.2, -0.15) is 0 Å². The summed E-state index contributed by atoms with van der Waals surface area (Å²) in [6, 6.07) is 3.44. The average Bonchev–Trinajstić information content (AvgIpc) is 2.56. The second-order valence-corrected chi connectivity index (χ2v) is 8.25. The van der Waals surface area contributed by atoms with E-state index in [0.717, 1.165) is 5.39 Å². The molecule has 1 amide bonds. The van der Waals surface area contributed by atoms with Gasteiger partial charge in [-0.25, -0.2) is 4.79 Å². The van der Waals surface area contributed by atoms with Gasteiger partial charge in [-0.15, -0.1) is 10.2 Å². The Morgan fingerprint density at radius 2 is 1.58 bits per heavy atom. The molecule has 6 nitrogen and oxygen atoms in total.